The van der Waals surface area contributed by atoms with Crippen LogP contribution in [0.25, 0.3) is 22.3 Å². The summed E-state index contributed by atoms with van der Waals surface area (Å²) < 4.78 is 10.5. The van der Waals surface area contributed by atoms with Crippen LogP contribution < -0.4 is 15.2 Å². The standard InChI is InChI=1S/C21H21NO2/c1-23-18-8-4-16(5-9-18)20-12-3-15(14-22)13-21(20)17-6-10-19(24-2)11-7-17/h3-13H,14,22H2,1-2H3. The molecule has 0 atom stereocenters. The molecule has 0 amide bonds. The van der Waals surface area contributed by atoms with Gasteiger partial charge in [-0.15, -0.1) is 0 Å². The van der Waals surface area contributed by atoms with Crippen LogP contribution in [0.2, 0.25) is 0 Å². The summed E-state index contributed by atoms with van der Waals surface area (Å²) in [5, 5.41) is 0. The average molecular weight is 319 g/mol. The van der Waals surface area contributed by atoms with Crippen molar-refractivity contribution in [1.82, 2.24) is 0 Å². The molecule has 0 saturated carbocycles. The Morgan fingerprint density at radius 1 is 0.667 bits per heavy atom. The van der Waals surface area contributed by atoms with Crippen LogP contribution in [0.15, 0.2) is 66.7 Å². The smallest absolute Gasteiger partial charge is 0.118 e. The summed E-state index contributed by atoms with van der Waals surface area (Å²) in [7, 11) is 3.35. The topological polar surface area (TPSA) is 44.5 Å². The highest BCUT2D eigenvalue weighted by molar-refractivity contribution is 5.84. The van der Waals surface area contributed by atoms with Crippen LogP contribution in [0.4, 0.5) is 0 Å². The monoisotopic (exact) mass is 319 g/mol. The van der Waals surface area contributed by atoms with Gasteiger partial charge in [0.25, 0.3) is 0 Å². The molecule has 3 rings (SSSR count). The van der Waals surface area contributed by atoms with Crippen molar-refractivity contribution in [3.05, 3.63) is 72.3 Å². The number of rotatable bonds is 5. The summed E-state index contributed by atoms with van der Waals surface area (Å²) in [5.41, 5.74) is 11.5. The number of hydrogen-bond acceptors (Lipinski definition) is 3. The minimum Gasteiger partial charge on any atom is -0.497 e. The maximum atomic E-state index is 5.83. The van der Waals surface area contributed by atoms with Gasteiger partial charge < -0.3 is 15.2 Å². The van der Waals surface area contributed by atoms with Crippen molar-refractivity contribution in [1.29, 1.82) is 0 Å². The Balaban J connectivity index is 2.10. The Bertz CT molecular complexity index is 808. The second kappa shape index (κ2) is 7.20. The minimum atomic E-state index is 0.520. The highest BCUT2D eigenvalue weighted by Crippen LogP contribution is 2.34. The fourth-order valence-corrected chi connectivity index (χ4v) is 2.75. The molecule has 0 aromatic heterocycles. The SMILES string of the molecule is COc1ccc(-c2ccc(CN)cc2-c2ccc(OC)cc2)cc1. The number of nitrogens with two attached hydrogens (primary N) is 1. The molecule has 3 heteroatoms. The van der Waals surface area contributed by atoms with Gasteiger partial charge in [-0.3, -0.25) is 0 Å². The molecular formula is C21H21NO2. The molecule has 0 aliphatic rings. The van der Waals surface area contributed by atoms with Crippen molar-refractivity contribution in [3.8, 4) is 33.8 Å². The zero-order valence-electron chi connectivity index (χ0n) is 14.0. The van der Waals surface area contributed by atoms with Gasteiger partial charge in [0.05, 0.1) is 14.2 Å². The molecule has 0 saturated heterocycles. The first-order valence-corrected chi connectivity index (χ1v) is 7.87. The predicted octanol–water partition coefficient (Wildman–Crippen LogP) is 4.50. The first kappa shape index (κ1) is 16.1. The Kier molecular flexibility index (Phi) is 4.82. The Hall–Kier alpha value is -2.78. The summed E-state index contributed by atoms with van der Waals surface area (Å²) >= 11 is 0. The fourth-order valence-electron chi connectivity index (χ4n) is 2.75. The lowest BCUT2D eigenvalue weighted by Gasteiger charge is -2.13. The van der Waals surface area contributed by atoms with Gasteiger partial charge in [0.2, 0.25) is 0 Å². The molecule has 0 aliphatic heterocycles. The van der Waals surface area contributed by atoms with Crippen LogP contribution in [-0.4, -0.2) is 14.2 Å². The Morgan fingerprint density at radius 3 is 1.62 bits per heavy atom. The van der Waals surface area contributed by atoms with Crippen molar-refractivity contribution in [2.75, 3.05) is 14.2 Å². The van der Waals surface area contributed by atoms with Gasteiger partial charge in [-0.2, -0.15) is 0 Å². The Morgan fingerprint density at radius 2 is 1.17 bits per heavy atom. The summed E-state index contributed by atoms with van der Waals surface area (Å²) in [5.74, 6) is 1.70. The summed E-state index contributed by atoms with van der Waals surface area (Å²) in [6.45, 7) is 0.520. The van der Waals surface area contributed by atoms with E-state index < -0.39 is 0 Å². The van der Waals surface area contributed by atoms with Crippen LogP contribution in [0.3, 0.4) is 0 Å². The molecule has 24 heavy (non-hydrogen) atoms. The summed E-state index contributed by atoms with van der Waals surface area (Å²) in [6.07, 6.45) is 0. The van der Waals surface area contributed by atoms with Crippen LogP contribution in [0.1, 0.15) is 5.56 Å². The molecule has 0 radical (unpaired) electrons. The third-order valence-electron chi connectivity index (χ3n) is 4.12. The van der Waals surface area contributed by atoms with E-state index in [0.717, 1.165) is 33.8 Å². The highest BCUT2D eigenvalue weighted by atomic mass is 16.5. The van der Waals surface area contributed by atoms with E-state index in [-0.39, 0.29) is 0 Å². The van der Waals surface area contributed by atoms with Crippen LogP contribution >= 0.6 is 0 Å². The van der Waals surface area contributed by atoms with E-state index in [0.29, 0.717) is 6.54 Å². The Labute approximate surface area is 142 Å². The van der Waals surface area contributed by atoms with E-state index in [4.69, 9.17) is 15.2 Å². The maximum absolute atomic E-state index is 5.83. The second-order valence-corrected chi connectivity index (χ2v) is 5.54. The van der Waals surface area contributed by atoms with Crippen molar-refractivity contribution >= 4 is 0 Å². The third kappa shape index (κ3) is 3.26. The van der Waals surface area contributed by atoms with E-state index in [1.165, 1.54) is 5.56 Å². The largest absolute Gasteiger partial charge is 0.497 e. The normalized spacial score (nSPS) is 10.5. The molecule has 0 fully saturated rings. The lowest BCUT2D eigenvalue weighted by molar-refractivity contribution is 0.414. The zero-order valence-corrected chi connectivity index (χ0v) is 14.0. The first-order chi connectivity index (χ1) is 11.7. The number of methoxy groups -OCH3 is 2. The lowest BCUT2D eigenvalue weighted by Crippen LogP contribution is -1.97. The molecular weight excluding hydrogens is 298 g/mol. The molecule has 3 aromatic carbocycles. The number of hydrogen-bond donors (Lipinski definition) is 1. The van der Waals surface area contributed by atoms with E-state index in [1.54, 1.807) is 14.2 Å². The average Bonchev–Trinajstić information content (AvgIpc) is 2.67. The van der Waals surface area contributed by atoms with E-state index in [2.05, 4.69) is 42.5 Å². The van der Waals surface area contributed by atoms with Crippen molar-refractivity contribution in [3.63, 3.8) is 0 Å². The molecule has 0 bridgehead atoms. The summed E-state index contributed by atoms with van der Waals surface area (Å²) in [6, 6.07) is 22.5. The van der Waals surface area contributed by atoms with Crippen molar-refractivity contribution < 1.29 is 9.47 Å². The number of benzene rings is 3. The molecule has 0 spiro atoms. The third-order valence-corrected chi connectivity index (χ3v) is 4.12. The molecule has 2 N–H and O–H groups in total. The van der Waals surface area contributed by atoms with E-state index in [9.17, 15) is 0 Å². The second-order valence-electron chi connectivity index (χ2n) is 5.54. The van der Waals surface area contributed by atoms with Crippen LogP contribution in [0.5, 0.6) is 11.5 Å². The van der Waals surface area contributed by atoms with Crippen LogP contribution in [-0.2, 0) is 6.54 Å². The van der Waals surface area contributed by atoms with Gasteiger partial charge in [-0.1, -0.05) is 36.4 Å². The van der Waals surface area contributed by atoms with E-state index >= 15 is 0 Å². The van der Waals surface area contributed by atoms with Gasteiger partial charge in [-0.05, 0) is 58.1 Å². The number of ether oxygens (including phenoxy) is 2. The highest BCUT2D eigenvalue weighted by Gasteiger charge is 2.09. The first-order valence-electron chi connectivity index (χ1n) is 7.87. The molecule has 0 heterocycles. The molecule has 3 nitrogen and oxygen atoms in total. The summed E-state index contributed by atoms with van der Waals surface area (Å²) in [4.78, 5) is 0. The molecule has 0 aliphatic carbocycles. The van der Waals surface area contributed by atoms with Crippen molar-refractivity contribution in [2.24, 2.45) is 5.73 Å². The van der Waals surface area contributed by atoms with Crippen molar-refractivity contribution in [2.45, 2.75) is 6.54 Å². The van der Waals surface area contributed by atoms with E-state index in [1.807, 2.05) is 24.3 Å². The lowest BCUT2D eigenvalue weighted by atomic mass is 9.92. The fraction of sp³-hybridized carbons (Fsp3) is 0.143. The van der Waals surface area contributed by atoms with Gasteiger partial charge >= 0.3 is 0 Å². The van der Waals surface area contributed by atoms with Gasteiger partial charge in [-0.25, -0.2) is 0 Å². The van der Waals surface area contributed by atoms with Gasteiger partial charge in [0, 0.05) is 6.54 Å². The van der Waals surface area contributed by atoms with Gasteiger partial charge in [0.1, 0.15) is 11.5 Å². The maximum Gasteiger partial charge on any atom is 0.118 e. The molecule has 122 valence electrons. The van der Waals surface area contributed by atoms with Crippen LogP contribution in [0, 0.1) is 0 Å². The molecule has 0 unspecified atom stereocenters. The molecule has 3 aromatic rings. The predicted molar refractivity (Wildman–Crippen MR) is 98.3 cm³/mol. The minimum absolute atomic E-state index is 0.520. The van der Waals surface area contributed by atoms with Gasteiger partial charge in [0.15, 0.2) is 0 Å². The zero-order chi connectivity index (χ0) is 16.9. The quantitative estimate of drug-likeness (QED) is 0.753.